The van der Waals surface area contributed by atoms with Gasteiger partial charge in [0.05, 0.1) is 0 Å². The second kappa shape index (κ2) is 9.21. The Hall–Kier alpha value is -0.0400. The maximum absolute atomic E-state index is 3.60. The third-order valence-corrected chi connectivity index (χ3v) is 3.74. The molecule has 0 unspecified atom stereocenters. The number of hydrogen-bond acceptors (Lipinski definition) is 1. The van der Waals surface area contributed by atoms with E-state index in [1.807, 2.05) is 0 Å². The van der Waals surface area contributed by atoms with Gasteiger partial charge in [0.25, 0.3) is 0 Å². The van der Waals surface area contributed by atoms with Crippen molar-refractivity contribution in [2.45, 2.75) is 72.6 Å². The first-order chi connectivity index (χ1) is 7.24. The fourth-order valence-corrected chi connectivity index (χ4v) is 2.22. The lowest BCUT2D eigenvalue weighted by atomic mass is 9.77. The van der Waals surface area contributed by atoms with Crippen LogP contribution in [0.15, 0.2) is 0 Å². The molecule has 1 heteroatoms. The summed E-state index contributed by atoms with van der Waals surface area (Å²) in [5.41, 5.74) is 0.574. The van der Waals surface area contributed by atoms with Gasteiger partial charge in [-0.3, -0.25) is 0 Å². The molecule has 0 rings (SSSR count). The quantitative estimate of drug-likeness (QED) is 0.531. The maximum atomic E-state index is 3.60. The van der Waals surface area contributed by atoms with Crippen LogP contribution in [-0.2, 0) is 0 Å². The van der Waals surface area contributed by atoms with Crippen molar-refractivity contribution in [1.29, 1.82) is 0 Å². The molecule has 0 saturated heterocycles. The van der Waals surface area contributed by atoms with E-state index in [2.05, 4.69) is 33.0 Å². The zero-order chi connectivity index (χ0) is 11.6. The Morgan fingerprint density at radius 3 is 2.00 bits per heavy atom. The van der Waals surface area contributed by atoms with Gasteiger partial charge in [0.2, 0.25) is 0 Å². The SMILES string of the molecule is CCCCCC(CC)(CC)CNCCC. The molecule has 0 heterocycles. The summed E-state index contributed by atoms with van der Waals surface area (Å²) >= 11 is 0. The van der Waals surface area contributed by atoms with Gasteiger partial charge in [0.15, 0.2) is 0 Å². The van der Waals surface area contributed by atoms with E-state index >= 15 is 0 Å². The van der Waals surface area contributed by atoms with Crippen molar-refractivity contribution < 1.29 is 0 Å². The van der Waals surface area contributed by atoms with Crippen molar-refractivity contribution in [2.24, 2.45) is 5.41 Å². The van der Waals surface area contributed by atoms with Crippen LogP contribution >= 0.6 is 0 Å². The molecule has 0 saturated carbocycles. The summed E-state index contributed by atoms with van der Waals surface area (Å²) in [5, 5.41) is 3.60. The normalized spacial score (nSPS) is 12.0. The highest BCUT2D eigenvalue weighted by atomic mass is 14.9. The predicted molar refractivity (Wildman–Crippen MR) is 70.3 cm³/mol. The summed E-state index contributed by atoms with van der Waals surface area (Å²) in [6, 6.07) is 0. The molecule has 15 heavy (non-hydrogen) atoms. The molecule has 0 fully saturated rings. The van der Waals surface area contributed by atoms with Gasteiger partial charge in [-0.15, -0.1) is 0 Å². The molecule has 0 aromatic heterocycles. The van der Waals surface area contributed by atoms with E-state index in [1.54, 1.807) is 0 Å². The van der Waals surface area contributed by atoms with Gasteiger partial charge in [-0.1, -0.05) is 47.0 Å². The van der Waals surface area contributed by atoms with E-state index in [9.17, 15) is 0 Å². The summed E-state index contributed by atoms with van der Waals surface area (Å²) in [6.07, 6.45) is 9.45. The van der Waals surface area contributed by atoms with E-state index in [4.69, 9.17) is 0 Å². The minimum absolute atomic E-state index is 0.574. The van der Waals surface area contributed by atoms with Gasteiger partial charge in [-0.2, -0.15) is 0 Å². The second-order valence-electron chi connectivity index (χ2n) is 4.84. The van der Waals surface area contributed by atoms with Crippen molar-refractivity contribution >= 4 is 0 Å². The first kappa shape index (κ1) is 15.0. The fraction of sp³-hybridized carbons (Fsp3) is 1.00. The topological polar surface area (TPSA) is 12.0 Å². The Bertz CT molecular complexity index is 115. The summed E-state index contributed by atoms with van der Waals surface area (Å²) in [7, 11) is 0. The molecule has 0 spiro atoms. The summed E-state index contributed by atoms with van der Waals surface area (Å²) in [4.78, 5) is 0. The van der Waals surface area contributed by atoms with Crippen molar-refractivity contribution in [3.63, 3.8) is 0 Å². The van der Waals surface area contributed by atoms with Crippen LogP contribution in [0.1, 0.15) is 72.6 Å². The second-order valence-corrected chi connectivity index (χ2v) is 4.84. The standard InChI is InChI=1S/C14H31N/c1-5-9-10-11-14(7-3,8-4)13-15-12-6-2/h15H,5-13H2,1-4H3. The molecule has 1 nitrogen and oxygen atoms in total. The first-order valence-electron chi connectivity index (χ1n) is 6.95. The monoisotopic (exact) mass is 213 g/mol. The number of nitrogens with one attached hydrogen (secondary N) is 1. The molecular weight excluding hydrogens is 182 g/mol. The molecule has 92 valence electrons. The van der Waals surface area contributed by atoms with Crippen LogP contribution in [0.4, 0.5) is 0 Å². The molecule has 0 aromatic rings. The molecule has 0 aliphatic carbocycles. The first-order valence-corrected chi connectivity index (χ1v) is 6.95. The third kappa shape index (κ3) is 6.19. The van der Waals surface area contributed by atoms with Crippen molar-refractivity contribution in [1.82, 2.24) is 5.32 Å². The van der Waals surface area contributed by atoms with E-state index in [0.29, 0.717) is 5.41 Å². The number of unbranched alkanes of at least 4 members (excludes halogenated alkanes) is 2. The lowest BCUT2D eigenvalue weighted by Crippen LogP contribution is -2.34. The van der Waals surface area contributed by atoms with Crippen LogP contribution in [0.2, 0.25) is 0 Å². The zero-order valence-electron chi connectivity index (χ0n) is 11.4. The minimum Gasteiger partial charge on any atom is -0.316 e. The molecule has 0 aliphatic rings. The Kier molecular flexibility index (Phi) is 9.18. The number of hydrogen-bond donors (Lipinski definition) is 1. The zero-order valence-corrected chi connectivity index (χ0v) is 11.4. The van der Waals surface area contributed by atoms with Crippen molar-refractivity contribution in [2.75, 3.05) is 13.1 Å². The van der Waals surface area contributed by atoms with E-state index < -0.39 is 0 Å². The van der Waals surface area contributed by atoms with Crippen molar-refractivity contribution in [3.8, 4) is 0 Å². The molecule has 0 radical (unpaired) electrons. The third-order valence-electron chi connectivity index (χ3n) is 3.74. The predicted octanol–water partition coefficient (Wildman–Crippen LogP) is 4.37. The fourth-order valence-electron chi connectivity index (χ4n) is 2.22. The van der Waals surface area contributed by atoms with Crippen LogP contribution in [0.5, 0.6) is 0 Å². The molecule has 0 amide bonds. The Morgan fingerprint density at radius 1 is 0.867 bits per heavy atom. The maximum Gasteiger partial charge on any atom is 0.000760 e. The Morgan fingerprint density at radius 2 is 1.53 bits per heavy atom. The summed E-state index contributed by atoms with van der Waals surface area (Å²) < 4.78 is 0. The van der Waals surface area contributed by atoms with Gasteiger partial charge in [-0.05, 0) is 37.6 Å². The van der Waals surface area contributed by atoms with Gasteiger partial charge < -0.3 is 5.32 Å². The summed E-state index contributed by atoms with van der Waals surface area (Å²) in [5.74, 6) is 0. The highest BCUT2D eigenvalue weighted by molar-refractivity contribution is 4.79. The average molecular weight is 213 g/mol. The van der Waals surface area contributed by atoms with E-state index in [-0.39, 0.29) is 0 Å². The summed E-state index contributed by atoms with van der Waals surface area (Å²) in [6.45, 7) is 11.6. The van der Waals surface area contributed by atoms with Gasteiger partial charge in [0, 0.05) is 6.54 Å². The highest BCUT2D eigenvalue weighted by Crippen LogP contribution is 2.32. The van der Waals surface area contributed by atoms with Gasteiger partial charge in [0.1, 0.15) is 0 Å². The molecule has 0 aliphatic heterocycles. The molecule has 1 N–H and O–H groups in total. The minimum atomic E-state index is 0.574. The van der Waals surface area contributed by atoms with Crippen LogP contribution in [0.25, 0.3) is 0 Å². The van der Waals surface area contributed by atoms with Crippen LogP contribution in [0.3, 0.4) is 0 Å². The van der Waals surface area contributed by atoms with Crippen LogP contribution in [0, 0.1) is 5.41 Å². The highest BCUT2D eigenvalue weighted by Gasteiger charge is 2.24. The van der Waals surface area contributed by atoms with E-state index in [1.165, 1.54) is 58.0 Å². The molecule has 0 atom stereocenters. The smallest absolute Gasteiger partial charge is 0.000760 e. The van der Waals surface area contributed by atoms with Gasteiger partial charge in [-0.25, -0.2) is 0 Å². The largest absolute Gasteiger partial charge is 0.316 e. The Balaban J connectivity index is 3.93. The lowest BCUT2D eigenvalue weighted by molar-refractivity contribution is 0.220. The van der Waals surface area contributed by atoms with E-state index in [0.717, 1.165) is 0 Å². The van der Waals surface area contributed by atoms with Crippen molar-refractivity contribution in [3.05, 3.63) is 0 Å². The molecule has 0 aromatic carbocycles. The van der Waals surface area contributed by atoms with Gasteiger partial charge >= 0.3 is 0 Å². The Labute approximate surface area is 97.0 Å². The average Bonchev–Trinajstić information content (AvgIpc) is 2.28. The molecule has 0 bridgehead atoms. The number of rotatable bonds is 10. The lowest BCUT2D eigenvalue weighted by Gasteiger charge is -2.32. The van der Waals surface area contributed by atoms with Crippen LogP contribution in [-0.4, -0.2) is 13.1 Å². The van der Waals surface area contributed by atoms with Crippen LogP contribution < -0.4 is 5.32 Å². The molecular formula is C14H31N.